The summed E-state index contributed by atoms with van der Waals surface area (Å²) in [6.45, 7) is 1.35. The molecular formula is C14H18ClNO3. The van der Waals surface area contributed by atoms with Gasteiger partial charge < -0.3 is 15.2 Å². The molecule has 1 aromatic rings. The second-order valence-corrected chi connectivity index (χ2v) is 5.27. The fourth-order valence-corrected chi connectivity index (χ4v) is 2.66. The lowest BCUT2D eigenvalue weighted by Gasteiger charge is -2.38. The maximum Gasteiger partial charge on any atom is 0.245 e. The van der Waals surface area contributed by atoms with Crippen LogP contribution >= 0.6 is 11.6 Å². The third-order valence-corrected chi connectivity index (χ3v) is 3.89. The van der Waals surface area contributed by atoms with Gasteiger partial charge in [0.25, 0.3) is 0 Å². The summed E-state index contributed by atoms with van der Waals surface area (Å²) >= 11 is 6.06. The van der Waals surface area contributed by atoms with Gasteiger partial charge >= 0.3 is 0 Å². The minimum Gasteiger partial charge on any atom is -0.387 e. The fraction of sp³-hybridized carbons (Fsp3) is 0.500. The van der Waals surface area contributed by atoms with Crippen LogP contribution in [0.2, 0.25) is 5.02 Å². The molecular weight excluding hydrogens is 266 g/mol. The molecule has 1 heterocycles. The van der Waals surface area contributed by atoms with Crippen LogP contribution in [0.15, 0.2) is 24.3 Å². The molecule has 1 aliphatic heterocycles. The van der Waals surface area contributed by atoms with Gasteiger partial charge in [-0.25, -0.2) is 0 Å². The zero-order valence-corrected chi connectivity index (χ0v) is 11.4. The van der Waals surface area contributed by atoms with Crippen molar-refractivity contribution in [1.29, 1.82) is 0 Å². The summed E-state index contributed by atoms with van der Waals surface area (Å²) in [7, 11) is 0. The number of carbonyl (C=O) groups is 1. The minimum absolute atomic E-state index is 0.159. The molecule has 4 nitrogen and oxygen atoms in total. The third kappa shape index (κ3) is 3.47. The van der Waals surface area contributed by atoms with Crippen LogP contribution in [0, 0.1) is 0 Å². The van der Waals surface area contributed by atoms with Crippen LogP contribution in [0.3, 0.4) is 0 Å². The Bertz CT molecular complexity index is 444. The lowest BCUT2D eigenvalue weighted by atomic mass is 9.74. The number of ether oxygens (including phenoxy) is 1. The van der Waals surface area contributed by atoms with Crippen LogP contribution in [0.4, 0.5) is 0 Å². The van der Waals surface area contributed by atoms with Crippen LogP contribution in [-0.4, -0.2) is 37.4 Å². The molecule has 1 aliphatic rings. The standard InChI is InChI=1S/C14H18ClNO3/c15-12-3-1-2-11(8-12)14(4-6-19-7-5-14)10-16-13(18)9-17/h1-3,8,17H,4-7,9-10H2,(H,16,18). The Kier molecular flexibility index (Phi) is 4.80. The minimum atomic E-state index is -0.484. The van der Waals surface area contributed by atoms with Crippen molar-refractivity contribution in [3.8, 4) is 0 Å². The first-order valence-electron chi connectivity index (χ1n) is 6.38. The second kappa shape index (κ2) is 6.37. The molecule has 0 atom stereocenters. The molecule has 2 rings (SSSR count). The number of nitrogens with one attached hydrogen (secondary N) is 1. The van der Waals surface area contributed by atoms with Crippen LogP contribution in [0.1, 0.15) is 18.4 Å². The highest BCUT2D eigenvalue weighted by atomic mass is 35.5. The van der Waals surface area contributed by atoms with Crippen molar-refractivity contribution in [2.24, 2.45) is 0 Å². The predicted octanol–water partition coefficient (Wildman–Crippen LogP) is 1.50. The number of amides is 1. The Labute approximate surface area is 117 Å². The van der Waals surface area contributed by atoms with E-state index >= 15 is 0 Å². The van der Waals surface area contributed by atoms with Gasteiger partial charge in [-0.15, -0.1) is 0 Å². The summed E-state index contributed by atoms with van der Waals surface area (Å²) < 4.78 is 5.41. The van der Waals surface area contributed by atoms with Crippen molar-refractivity contribution in [1.82, 2.24) is 5.32 Å². The SMILES string of the molecule is O=C(CO)NCC1(c2cccc(Cl)c2)CCOCC1. The molecule has 0 aromatic heterocycles. The summed E-state index contributed by atoms with van der Waals surface area (Å²) in [6.07, 6.45) is 1.66. The van der Waals surface area contributed by atoms with Crippen molar-refractivity contribution < 1.29 is 14.6 Å². The molecule has 0 saturated carbocycles. The van der Waals surface area contributed by atoms with E-state index in [2.05, 4.69) is 5.32 Å². The average Bonchev–Trinajstić information content (AvgIpc) is 2.46. The van der Waals surface area contributed by atoms with Gasteiger partial charge in [0.05, 0.1) is 0 Å². The van der Waals surface area contributed by atoms with E-state index in [1.807, 2.05) is 24.3 Å². The molecule has 1 amide bonds. The van der Waals surface area contributed by atoms with Crippen LogP contribution < -0.4 is 5.32 Å². The number of aliphatic hydroxyl groups is 1. The molecule has 1 saturated heterocycles. The average molecular weight is 284 g/mol. The Hall–Kier alpha value is -1.10. The lowest BCUT2D eigenvalue weighted by molar-refractivity contribution is -0.124. The monoisotopic (exact) mass is 283 g/mol. The van der Waals surface area contributed by atoms with Gasteiger partial charge in [-0.2, -0.15) is 0 Å². The van der Waals surface area contributed by atoms with Crippen LogP contribution in [-0.2, 0) is 14.9 Å². The number of benzene rings is 1. The highest BCUT2D eigenvalue weighted by Gasteiger charge is 2.34. The number of halogens is 1. The molecule has 1 fully saturated rings. The zero-order chi connectivity index (χ0) is 13.7. The maximum absolute atomic E-state index is 11.3. The zero-order valence-electron chi connectivity index (χ0n) is 10.7. The maximum atomic E-state index is 11.3. The van der Waals surface area contributed by atoms with Crippen molar-refractivity contribution in [3.63, 3.8) is 0 Å². The van der Waals surface area contributed by atoms with Gasteiger partial charge in [0.1, 0.15) is 6.61 Å². The van der Waals surface area contributed by atoms with E-state index < -0.39 is 6.61 Å². The Morgan fingerprint density at radius 1 is 1.42 bits per heavy atom. The number of carbonyl (C=O) groups excluding carboxylic acids is 1. The quantitative estimate of drug-likeness (QED) is 0.880. The van der Waals surface area contributed by atoms with Gasteiger partial charge in [0.15, 0.2) is 0 Å². The van der Waals surface area contributed by atoms with E-state index in [4.69, 9.17) is 21.4 Å². The Morgan fingerprint density at radius 3 is 2.79 bits per heavy atom. The van der Waals surface area contributed by atoms with Crippen molar-refractivity contribution in [3.05, 3.63) is 34.9 Å². The number of aliphatic hydroxyl groups excluding tert-OH is 1. The van der Waals surface area contributed by atoms with Crippen LogP contribution in [0.5, 0.6) is 0 Å². The van der Waals surface area contributed by atoms with Crippen molar-refractivity contribution >= 4 is 17.5 Å². The van der Waals surface area contributed by atoms with E-state index in [0.29, 0.717) is 24.8 Å². The normalized spacial score (nSPS) is 18.0. The summed E-state index contributed by atoms with van der Waals surface area (Å²) in [5.74, 6) is -0.354. The second-order valence-electron chi connectivity index (χ2n) is 4.84. The van der Waals surface area contributed by atoms with Gasteiger partial charge in [-0.3, -0.25) is 4.79 Å². The predicted molar refractivity (Wildman–Crippen MR) is 73.3 cm³/mol. The third-order valence-electron chi connectivity index (χ3n) is 3.65. The molecule has 19 heavy (non-hydrogen) atoms. The van der Waals surface area contributed by atoms with Gasteiger partial charge in [0, 0.05) is 30.2 Å². The topological polar surface area (TPSA) is 58.6 Å². The van der Waals surface area contributed by atoms with Crippen LogP contribution in [0.25, 0.3) is 0 Å². The van der Waals surface area contributed by atoms with Gasteiger partial charge in [0.2, 0.25) is 5.91 Å². The number of hydrogen-bond acceptors (Lipinski definition) is 3. The summed E-state index contributed by atoms with van der Waals surface area (Å²) in [5.41, 5.74) is 0.954. The largest absolute Gasteiger partial charge is 0.387 e. The highest BCUT2D eigenvalue weighted by molar-refractivity contribution is 6.30. The molecule has 104 valence electrons. The van der Waals surface area contributed by atoms with E-state index in [1.165, 1.54) is 0 Å². The fourth-order valence-electron chi connectivity index (χ4n) is 2.47. The molecule has 0 radical (unpaired) electrons. The first-order valence-corrected chi connectivity index (χ1v) is 6.75. The highest BCUT2D eigenvalue weighted by Crippen LogP contribution is 2.35. The van der Waals surface area contributed by atoms with E-state index in [1.54, 1.807) is 0 Å². The molecule has 0 spiro atoms. The van der Waals surface area contributed by atoms with Crippen molar-refractivity contribution in [2.75, 3.05) is 26.4 Å². The van der Waals surface area contributed by atoms with E-state index in [9.17, 15) is 4.79 Å². The summed E-state index contributed by atoms with van der Waals surface area (Å²) in [4.78, 5) is 11.3. The van der Waals surface area contributed by atoms with E-state index in [-0.39, 0.29) is 11.3 Å². The lowest BCUT2D eigenvalue weighted by Crippen LogP contribution is -2.45. The van der Waals surface area contributed by atoms with Crippen molar-refractivity contribution in [2.45, 2.75) is 18.3 Å². The molecule has 0 unspecified atom stereocenters. The summed E-state index contributed by atoms with van der Waals surface area (Å²) in [5, 5.41) is 12.3. The number of hydrogen-bond donors (Lipinski definition) is 2. The Morgan fingerprint density at radius 2 is 2.16 bits per heavy atom. The van der Waals surface area contributed by atoms with Gasteiger partial charge in [-0.05, 0) is 30.5 Å². The first-order chi connectivity index (χ1) is 9.16. The summed E-state index contributed by atoms with van der Waals surface area (Å²) in [6, 6.07) is 7.73. The Balaban J connectivity index is 2.21. The first kappa shape index (κ1) is 14.3. The molecule has 0 bridgehead atoms. The smallest absolute Gasteiger partial charge is 0.245 e. The molecule has 0 aliphatic carbocycles. The molecule has 2 N–H and O–H groups in total. The molecule has 1 aromatic carbocycles. The van der Waals surface area contributed by atoms with E-state index in [0.717, 1.165) is 18.4 Å². The van der Waals surface area contributed by atoms with Gasteiger partial charge in [-0.1, -0.05) is 23.7 Å². The number of rotatable bonds is 4. The molecule has 5 heteroatoms.